The normalized spacial score (nSPS) is 14.2. The number of anilines is 1. The van der Waals surface area contributed by atoms with Crippen LogP contribution in [0.5, 0.6) is 5.75 Å². The van der Waals surface area contributed by atoms with Gasteiger partial charge in [0, 0.05) is 11.9 Å². The van der Waals surface area contributed by atoms with Crippen molar-refractivity contribution < 1.29 is 9.53 Å². The molecule has 2 rings (SSSR count). The number of methoxy groups -OCH3 is 1. The Morgan fingerprint density at radius 2 is 1.89 bits per heavy atom. The first-order valence-electron chi connectivity index (χ1n) is 6.17. The Kier molecular flexibility index (Phi) is 4.23. The molecule has 2 N–H and O–H groups in total. The van der Waals surface area contributed by atoms with Gasteiger partial charge in [-0.3, -0.25) is 0 Å². The molecule has 0 unspecified atom stereocenters. The fourth-order valence-corrected chi connectivity index (χ4v) is 1.98. The number of allylic oxidation sites excluding steroid dienone is 1. The molecule has 0 radical (unpaired) electrons. The van der Waals surface area contributed by atoms with Gasteiger partial charge in [0.1, 0.15) is 5.75 Å². The van der Waals surface area contributed by atoms with Crippen LogP contribution >= 0.6 is 0 Å². The van der Waals surface area contributed by atoms with E-state index in [0.717, 1.165) is 24.3 Å². The lowest BCUT2D eigenvalue weighted by atomic mass is 10.2. The predicted molar refractivity (Wildman–Crippen MR) is 71.7 cm³/mol. The molecule has 1 aliphatic carbocycles. The summed E-state index contributed by atoms with van der Waals surface area (Å²) in [5.41, 5.74) is 2.07. The van der Waals surface area contributed by atoms with Crippen molar-refractivity contribution in [1.29, 1.82) is 0 Å². The number of benzene rings is 1. The zero-order valence-corrected chi connectivity index (χ0v) is 10.5. The number of amides is 2. The second-order valence-electron chi connectivity index (χ2n) is 4.34. The van der Waals surface area contributed by atoms with Gasteiger partial charge < -0.3 is 15.4 Å². The maximum absolute atomic E-state index is 11.6. The van der Waals surface area contributed by atoms with Gasteiger partial charge in [-0.05, 0) is 49.9 Å². The van der Waals surface area contributed by atoms with Crippen LogP contribution < -0.4 is 15.4 Å². The third-order valence-electron chi connectivity index (χ3n) is 3.00. The van der Waals surface area contributed by atoms with Crippen molar-refractivity contribution in [3.8, 4) is 5.75 Å². The van der Waals surface area contributed by atoms with E-state index >= 15 is 0 Å². The van der Waals surface area contributed by atoms with Crippen LogP contribution in [-0.4, -0.2) is 13.1 Å². The molecule has 0 saturated heterocycles. The summed E-state index contributed by atoms with van der Waals surface area (Å²) in [4.78, 5) is 11.6. The first kappa shape index (κ1) is 12.5. The standard InChI is InChI=1S/C14H18N2O2/c1-18-13-8-6-12(7-9-13)16-14(17)15-10-11-4-2-3-5-11/h6-10H,2-5H2,1H3,(H2,15,16,17). The maximum atomic E-state index is 11.6. The SMILES string of the molecule is COc1ccc(NC(=O)NC=C2CCCC2)cc1. The lowest BCUT2D eigenvalue weighted by molar-refractivity contribution is 0.255. The van der Waals surface area contributed by atoms with Crippen LogP contribution in [0.25, 0.3) is 0 Å². The molecule has 1 aromatic rings. The summed E-state index contributed by atoms with van der Waals surface area (Å²) >= 11 is 0. The number of carbonyl (C=O) groups excluding carboxylic acids is 1. The van der Waals surface area contributed by atoms with E-state index in [2.05, 4.69) is 10.6 Å². The molecule has 1 saturated carbocycles. The number of urea groups is 1. The number of carbonyl (C=O) groups is 1. The Morgan fingerprint density at radius 1 is 1.22 bits per heavy atom. The third kappa shape index (κ3) is 3.52. The largest absolute Gasteiger partial charge is 0.497 e. The van der Waals surface area contributed by atoms with E-state index in [9.17, 15) is 4.79 Å². The van der Waals surface area contributed by atoms with Crippen LogP contribution in [0.1, 0.15) is 25.7 Å². The van der Waals surface area contributed by atoms with E-state index in [-0.39, 0.29) is 6.03 Å². The molecule has 2 amide bonds. The van der Waals surface area contributed by atoms with E-state index < -0.39 is 0 Å². The highest BCUT2D eigenvalue weighted by atomic mass is 16.5. The summed E-state index contributed by atoms with van der Waals surface area (Å²) in [6.45, 7) is 0. The van der Waals surface area contributed by atoms with Crippen molar-refractivity contribution in [2.24, 2.45) is 0 Å². The molecule has 4 nitrogen and oxygen atoms in total. The molecule has 1 aliphatic rings. The summed E-state index contributed by atoms with van der Waals surface area (Å²) in [7, 11) is 1.61. The first-order chi connectivity index (χ1) is 8.78. The molecule has 0 heterocycles. The van der Waals surface area contributed by atoms with Crippen LogP contribution in [-0.2, 0) is 0 Å². The van der Waals surface area contributed by atoms with Gasteiger partial charge >= 0.3 is 6.03 Å². The fraction of sp³-hybridized carbons (Fsp3) is 0.357. The molecule has 18 heavy (non-hydrogen) atoms. The maximum Gasteiger partial charge on any atom is 0.323 e. The van der Waals surface area contributed by atoms with Gasteiger partial charge in [-0.15, -0.1) is 0 Å². The Hall–Kier alpha value is -1.97. The van der Waals surface area contributed by atoms with Crippen LogP contribution in [0.2, 0.25) is 0 Å². The Balaban J connectivity index is 1.84. The van der Waals surface area contributed by atoms with Gasteiger partial charge in [0.25, 0.3) is 0 Å². The van der Waals surface area contributed by atoms with Gasteiger partial charge in [0.2, 0.25) is 0 Å². The van der Waals surface area contributed by atoms with Crippen molar-refractivity contribution in [3.05, 3.63) is 36.0 Å². The van der Waals surface area contributed by atoms with E-state index in [1.54, 1.807) is 19.2 Å². The summed E-state index contributed by atoms with van der Waals surface area (Å²) in [6.07, 6.45) is 6.48. The van der Waals surface area contributed by atoms with Gasteiger partial charge in [0.15, 0.2) is 0 Å². The Labute approximate surface area is 107 Å². The van der Waals surface area contributed by atoms with Gasteiger partial charge in [-0.25, -0.2) is 4.79 Å². The lowest BCUT2D eigenvalue weighted by Crippen LogP contribution is -2.24. The number of hydrogen-bond acceptors (Lipinski definition) is 2. The molecule has 96 valence electrons. The average molecular weight is 246 g/mol. The second kappa shape index (κ2) is 6.10. The Bertz CT molecular complexity index is 430. The number of rotatable bonds is 3. The van der Waals surface area contributed by atoms with Crippen molar-refractivity contribution in [2.75, 3.05) is 12.4 Å². The molecule has 0 bridgehead atoms. The molecule has 1 aromatic carbocycles. The quantitative estimate of drug-likeness (QED) is 0.860. The van der Waals surface area contributed by atoms with Crippen LogP contribution in [0.4, 0.5) is 10.5 Å². The topological polar surface area (TPSA) is 50.4 Å². The minimum Gasteiger partial charge on any atom is -0.497 e. The minimum atomic E-state index is -0.209. The van der Waals surface area contributed by atoms with Gasteiger partial charge in [0.05, 0.1) is 7.11 Å². The highest BCUT2D eigenvalue weighted by Gasteiger charge is 2.06. The lowest BCUT2D eigenvalue weighted by Gasteiger charge is -2.06. The van der Waals surface area contributed by atoms with Crippen molar-refractivity contribution in [2.45, 2.75) is 25.7 Å². The smallest absolute Gasteiger partial charge is 0.323 e. The molecule has 1 fully saturated rings. The zero-order chi connectivity index (χ0) is 12.8. The van der Waals surface area contributed by atoms with E-state index in [1.165, 1.54) is 18.4 Å². The summed E-state index contributed by atoms with van der Waals surface area (Å²) in [5.74, 6) is 0.772. The molecule has 0 spiro atoms. The van der Waals surface area contributed by atoms with Crippen LogP contribution in [0, 0.1) is 0 Å². The van der Waals surface area contributed by atoms with E-state index in [1.807, 2.05) is 18.3 Å². The first-order valence-corrected chi connectivity index (χ1v) is 6.17. The predicted octanol–water partition coefficient (Wildman–Crippen LogP) is 3.27. The second-order valence-corrected chi connectivity index (χ2v) is 4.34. The number of nitrogens with one attached hydrogen (secondary N) is 2. The highest BCUT2D eigenvalue weighted by Crippen LogP contribution is 2.22. The summed E-state index contributed by atoms with van der Waals surface area (Å²) < 4.78 is 5.05. The Morgan fingerprint density at radius 3 is 2.50 bits per heavy atom. The summed E-state index contributed by atoms with van der Waals surface area (Å²) in [6, 6.07) is 7.03. The molecular weight excluding hydrogens is 228 g/mol. The zero-order valence-electron chi connectivity index (χ0n) is 10.5. The fourth-order valence-electron chi connectivity index (χ4n) is 1.98. The van der Waals surface area contributed by atoms with E-state index in [4.69, 9.17) is 4.74 Å². The highest BCUT2D eigenvalue weighted by molar-refractivity contribution is 5.89. The van der Waals surface area contributed by atoms with Crippen molar-refractivity contribution in [3.63, 3.8) is 0 Å². The monoisotopic (exact) mass is 246 g/mol. The van der Waals surface area contributed by atoms with Gasteiger partial charge in [-0.2, -0.15) is 0 Å². The third-order valence-corrected chi connectivity index (χ3v) is 3.00. The number of hydrogen-bond donors (Lipinski definition) is 2. The van der Waals surface area contributed by atoms with Crippen molar-refractivity contribution in [1.82, 2.24) is 5.32 Å². The van der Waals surface area contributed by atoms with Crippen molar-refractivity contribution >= 4 is 11.7 Å². The molecule has 0 aliphatic heterocycles. The average Bonchev–Trinajstić information content (AvgIpc) is 2.90. The number of ether oxygens (including phenoxy) is 1. The molecule has 0 aromatic heterocycles. The molecule has 0 atom stereocenters. The van der Waals surface area contributed by atoms with Gasteiger partial charge in [-0.1, -0.05) is 5.57 Å². The van der Waals surface area contributed by atoms with Crippen LogP contribution in [0.15, 0.2) is 36.0 Å². The van der Waals surface area contributed by atoms with E-state index in [0.29, 0.717) is 0 Å². The van der Waals surface area contributed by atoms with Crippen LogP contribution in [0.3, 0.4) is 0 Å². The molecule has 4 heteroatoms. The summed E-state index contributed by atoms with van der Waals surface area (Å²) in [5, 5.41) is 5.53. The minimum absolute atomic E-state index is 0.209. The molecular formula is C14H18N2O2.